The lowest BCUT2D eigenvalue weighted by Crippen LogP contribution is -2.52. The van der Waals surface area contributed by atoms with Crippen LogP contribution in [0.3, 0.4) is 0 Å². The van der Waals surface area contributed by atoms with Gasteiger partial charge in [-0.05, 0) is 37.2 Å². The van der Waals surface area contributed by atoms with Gasteiger partial charge in [-0.3, -0.25) is 4.79 Å². The summed E-state index contributed by atoms with van der Waals surface area (Å²) in [6.45, 7) is 4.94. The SMILES string of the molecule is CC1CNCCN1C(=O)CC1CCSCC1. The zero-order chi connectivity index (χ0) is 11.4. The van der Waals surface area contributed by atoms with Crippen molar-refractivity contribution in [1.82, 2.24) is 10.2 Å². The Balaban J connectivity index is 1.81. The second kappa shape index (κ2) is 5.92. The smallest absolute Gasteiger partial charge is 0.223 e. The van der Waals surface area contributed by atoms with Gasteiger partial charge in [-0.1, -0.05) is 0 Å². The van der Waals surface area contributed by atoms with Crippen LogP contribution in [-0.4, -0.2) is 48.0 Å². The van der Waals surface area contributed by atoms with Gasteiger partial charge >= 0.3 is 0 Å². The lowest BCUT2D eigenvalue weighted by Gasteiger charge is -2.35. The zero-order valence-electron chi connectivity index (χ0n) is 10.1. The van der Waals surface area contributed by atoms with Crippen LogP contribution in [0.15, 0.2) is 0 Å². The summed E-state index contributed by atoms with van der Waals surface area (Å²) in [5.74, 6) is 3.52. The molecule has 0 aromatic carbocycles. The van der Waals surface area contributed by atoms with Crippen LogP contribution in [-0.2, 0) is 4.79 Å². The number of rotatable bonds is 2. The molecule has 3 nitrogen and oxygen atoms in total. The molecule has 0 radical (unpaired) electrons. The molecule has 2 aliphatic heterocycles. The molecule has 2 fully saturated rings. The summed E-state index contributed by atoms with van der Waals surface area (Å²) >= 11 is 2.03. The molecule has 2 aliphatic rings. The van der Waals surface area contributed by atoms with Crippen molar-refractivity contribution in [2.75, 3.05) is 31.1 Å². The minimum absolute atomic E-state index is 0.374. The minimum atomic E-state index is 0.374. The van der Waals surface area contributed by atoms with Gasteiger partial charge in [0.05, 0.1) is 0 Å². The van der Waals surface area contributed by atoms with E-state index in [9.17, 15) is 4.79 Å². The van der Waals surface area contributed by atoms with Gasteiger partial charge in [0.25, 0.3) is 0 Å². The third-order valence-electron chi connectivity index (χ3n) is 3.63. The lowest BCUT2D eigenvalue weighted by atomic mass is 9.97. The van der Waals surface area contributed by atoms with E-state index >= 15 is 0 Å². The number of piperazine rings is 1. The second-order valence-electron chi connectivity index (χ2n) is 4.90. The highest BCUT2D eigenvalue weighted by atomic mass is 32.2. The second-order valence-corrected chi connectivity index (χ2v) is 6.12. The molecule has 4 heteroatoms. The first-order valence-electron chi connectivity index (χ1n) is 6.35. The Kier molecular flexibility index (Phi) is 4.53. The summed E-state index contributed by atoms with van der Waals surface area (Å²) < 4.78 is 0. The normalized spacial score (nSPS) is 28.1. The van der Waals surface area contributed by atoms with Gasteiger partial charge in [-0.2, -0.15) is 11.8 Å². The molecule has 0 bridgehead atoms. The molecule has 0 aromatic heterocycles. The fraction of sp³-hybridized carbons (Fsp3) is 0.917. The third-order valence-corrected chi connectivity index (χ3v) is 4.67. The summed E-state index contributed by atoms with van der Waals surface area (Å²) in [6.07, 6.45) is 3.25. The molecule has 1 N–H and O–H groups in total. The van der Waals surface area contributed by atoms with Crippen molar-refractivity contribution < 1.29 is 4.79 Å². The third kappa shape index (κ3) is 3.14. The highest BCUT2D eigenvalue weighted by Gasteiger charge is 2.25. The highest BCUT2D eigenvalue weighted by molar-refractivity contribution is 7.99. The first kappa shape index (κ1) is 12.2. The molecule has 1 atom stereocenters. The van der Waals surface area contributed by atoms with Gasteiger partial charge in [-0.15, -0.1) is 0 Å². The van der Waals surface area contributed by atoms with Crippen LogP contribution >= 0.6 is 11.8 Å². The molecule has 0 aliphatic carbocycles. The average molecular weight is 242 g/mol. The largest absolute Gasteiger partial charge is 0.337 e. The summed E-state index contributed by atoms with van der Waals surface area (Å²) in [6, 6.07) is 0.374. The molecule has 2 rings (SSSR count). The average Bonchev–Trinajstić information content (AvgIpc) is 2.31. The van der Waals surface area contributed by atoms with Crippen LogP contribution in [0.25, 0.3) is 0 Å². The Morgan fingerprint density at radius 1 is 1.44 bits per heavy atom. The van der Waals surface area contributed by atoms with E-state index in [2.05, 4.69) is 17.1 Å². The zero-order valence-corrected chi connectivity index (χ0v) is 10.9. The standard InChI is InChI=1S/C12H22N2OS/c1-10-9-13-4-5-14(10)12(15)8-11-2-6-16-7-3-11/h10-11,13H,2-9H2,1H3. The molecular weight excluding hydrogens is 220 g/mol. The number of carbonyl (C=O) groups is 1. The van der Waals surface area contributed by atoms with E-state index in [1.54, 1.807) is 0 Å². The summed E-state index contributed by atoms with van der Waals surface area (Å²) in [4.78, 5) is 14.2. The van der Waals surface area contributed by atoms with Crippen molar-refractivity contribution in [2.24, 2.45) is 5.92 Å². The van der Waals surface area contributed by atoms with Gasteiger partial charge in [0, 0.05) is 32.1 Å². The first-order valence-corrected chi connectivity index (χ1v) is 7.51. The number of hydrogen-bond donors (Lipinski definition) is 1. The molecule has 0 saturated carbocycles. The molecule has 0 spiro atoms. The Bertz CT molecular complexity index is 241. The number of thioether (sulfide) groups is 1. The molecule has 1 unspecified atom stereocenters. The van der Waals surface area contributed by atoms with Crippen molar-refractivity contribution in [3.05, 3.63) is 0 Å². The van der Waals surface area contributed by atoms with Crippen LogP contribution in [0.1, 0.15) is 26.2 Å². The molecule has 0 aromatic rings. The Labute approximate surface area is 102 Å². The van der Waals surface area contributed by atoms with E-state index in [4.69, 9.17) is 0 Å². The molecule has 1 amide bonds. The van der Waals surface area contributed by atoms with Crippen molar-refractivity contribution in [1.29, 1.82) is 0 Å². The Morgan fingerprint density at radius 2 is 2.19 bits per heavy atom. The molecule has 92 valence electrons. The Hall–Kier alpha value is -0.220. The van der Waals surface area contributed by atoms with E-state index in [0.717, 1.165) is 26.1 Å². The predicted octanol–water partition coefficient (Wildman–Crippen LogP) is 1.34. The van der Waals surface area contributed by atoms with E-state index in [1.165, 1.54) is 24.3 Å². The quantitative estimate of drug-likeness (QED) is 0.793. The van der Waals surface area contributed by atoms with Crippen LogP contribution < -0.4 is 5.32 Å². The van der Waals surface area contributed by atoms with Crippen LogP contribution in [0.5, 0.6) is 0 Å². The van der Waals surface area contributed by atoms with Gasteiger partial charge in [0.1, 0.15) is 0 Å². The number of carbonyl (C=O) groups excluding carboxylic acids is 1. The maximum absolute atomic E-state index is 12.2. The lowest BCUT2D eigenvalue weighted by molar-refractivity contribution is -0.135. The van der Waals surface area contributed by atoms with E-state index in [0.29, 0.717) is 17.9 Å². The van der Waals surface area contributed by atoms with Crippen LogP contribution in [0, 0.1) is 5.92 Å². The maximum atomic E-state index is 12.2. The monoisotopic (exact) mass is 242 g/mol. The summed E-state index contributed by atoms with van der Waals surface area (Å²) in [5.41, 5.74) is 0. The minimum Gasteiger partial charge on any atom is -0.337 e. The molecule has 2 heterocycles. The van der Waals surface area contributed by atoms with Gasteiger partial charge in [0.2, 0.25) is 5.91 Å². The van der Waals surface area contributed by atoms with Crippen LogP contribution in [0.4, 0.5) is 0 Å². The Morgan fingerprint density at radius 3 is 2.88 bits per heavy atom. The van der Waals surface area contributed by atoms with Gasteiger partial charge < -0.3 is 10.2 Å². The van der Waals surface area contributed by atoms with Crippen molar-refractivity contribution >= 4 is 17.7 Å². The molecular formula is C12H22N2OS. The van der Waals surface area contributed by atoms with Gasteiger partial charge in [0.15, 0.2) is 0 Å². The fourth-order valence-electron chi connectivity index (χ4n) is 2.53. The van der Waals surface area contributed by atoms with E-state index in [1.807, 2.05) is 11.8 Å². The number of hydrogen-bond acceptors (Lipinski definition) is 3. The number of nitrogens with zero attached hydrogens (tertiary/aromatic N) is 1. The van der Waals surface area contributed by atoms with Gasteiger partial charge in [-0.25, -0.2) is 0 Å². The van der Waals surface area contributed by atoms with E-state index < -0.39 is 0 Å². The van der Waals surface area contributed by atoms with E-state index in [-0.39, 0.29) is 0 Å². The number of amides is 1. The first-order chi connectivity index (χ1) is 7.77. The maximum Gasteiger partial charge on any atom is 0.223 e. The summed E-state index contributed by atoms with van der Waals surface area (Å²) in [7, 11) is 0. The predicted molar refractivity (Wildman–Crippen MR) is 68.7 cm³/mol. The highest BCUT2D eigenvalue weighted by Crippen LogP contribution is 2.26. The van der Waals surface area contributed by atoms with Crippen molar-refractivity contribution in [2.45, 2.75) is 32.2 Å². The topological polar surface area (TPSA) is 32.3 Å². The molecule has 16 heavy (non-hydrogen) atoms. The summed E-state index contributed by atoms with van der Waals surface area (Å²) in [5, 5.41) is 3.33. The molecule has 2 saturated heterocycles. The van der Waals surface area contributed by atoms with Crippen molar-refractivity contribution in [3.8, 4) is 0 Å². The van der Waals surface area contributed by atoms with Crippen molar-refractivity contribution in [3.63, 3.8) is 0 Å². The van der Waals surface area contributed by atoms with Crippen LogP contribution in [0.2, 0.25) is 0 Å². The number of nitrogens with one attached hydrogen (secondary N) is 1. The fourth-order valence-corrected chi connectivity index (χ4v) is 3.73.